The van der Waals surface area contributed by atoms with E-state index in [2.05, 4.69) is 27.1 Å². The summed E-state index contributed by atoms with van der Waals surface area (Å²) in [6.07, 6.45) is 1.95. The minimum absolute atomic E-state index is 0.0170. The van der Waals surface area contributed by atoms with Gasteiger partial charge in [-0.3, -0.25) is 14.4 Å². The molecule has 1 amide bonds. The number of fused-ring (bicyclic) bond motifs is 1. The molecule has 0 spiro atoms. The maximum Gasteiger partial charge on any atom is 0.247 e. The van der Waals surface area contributed by atoms with Gasteiger partial charge in [0.15, 0.2) is 0 Å². The molecule has 3 N–H and O–H groups in total. The molecular formula is C17H14N4O4. The van der Waals surface area contributed by atoms with Crippen LogP contribution in [0.5, 0.6) is 0 Å². The lowest BCUT2D eigenvalue weighted by molar-refractivity contribution is -0.132. The van der Waals surface area contributed by atoms with E-state index in [4.69, 9.17) is 0 Å². The number of rotatable bonds is 4. The van der Waals surface area contributed by atoms with E-state index < -0.39 is 23.4 Å². The molecule has 1 aromatic carbocycles. The molecule has 1 aromatic heterocycles. The Bertz CT molecular complexity index is 919. The molecule has 1 unspecified atom stereocenters. The van der Waals surface area contributed by atoms with Crippen LogP contribution in [0.1, 0.15) is 5.82 Å². The van der Waals surface area contributed by atoms with Crippen LogP contribution in [0.3, 0.4) is 0 Å². The van der Waals surface area contributed by atoms with Crippen molar-refractivity contribution in [2.75, 3.05) is 0 Å². The number of amides is 1. The van der Waals surface area contributed by atoms with Crippen LogP contribution in [0.2, 0.25) is 0 Å². The van der Waals surface area contributed by atoms with E-state index in [1.165, 1.54) is 0 Å². The Balaban J connectivity index is 1.62. The van der Waals surface area contributed by atoms with Gasteiger partial charge in [0.2, 0.25) is 17.5 Å². The van der Waals surface area contributed by atoms with Gasteiger partial charge in [0, 0.05) is 17.9 Å². The molecule has 1 aliphatic rings. The molecule has 0 fully saturated rings. The normalized spacial score (nSPS) is 18.0. The molecule has 1 atom stereocenters. The molecule has 1 aliphatic carbocycles. The maximum absolute atomic E-state index is 11.9. The molecule has 2 aromatic rings. The van der Waals surface area contributed by atoms with Crippen molar-refractivity contribution in [3.8, 4) is 0 Å². The van der Waals surface area contributed by atoms with E-state index in [1.807, 2.05) is 24.3 Å². The van der Waals surface area contributed by atoms with Crippen LogP contribution in [0, 0.1) is 5.92 Å². The average molecular weight is 338 g/mol. The highest BCUT2D eigenvalue weighted by Gasteiger charge is 2.30. The van der Waals surface area contributed by atoms with Gasteiger partial charge in [0.1, 0.15) is 11.6 Å². The number of hydrogen-bond donors (Lipinski definition) is 3. The van der Waals surface area contributed by atoms with Gasteiger partial charge in [0.25, 0.3) is 0 Å². The number of carbonyl (C=O) groups is 3. The van der Waals surface area contributed by atoms with Gasteiger partial charge >= 0.3 is 0 Å². The van der Waals surface area contributed by atoms with Gasteiger partial charge in [-0.25, -0.2) is 10.4 Å². The lowest BCUT2D eigenvalue weighted by Crippen LogP contribution is -2.28. The summed E-state index contributed by atoms with van der Waals surface area (Å²) in [5.74, 6) is -2.84. The SMILES string of the molecule is C=C1C(=O)C(=O)C=C(O)C1C=NNC(=O)Cc1nc2ccccc2[nH]1. The highest BCUT2D eigenvalue weighted by molar-refractivity contribution is 6.48. The van der Waals surface area contributed by atoms with Gasteiger partial charge in [-0.1, -0.05) is 18.7 Å². The molecule has 0 bridgehead atoms. The van der Waals surface area contributed by atoms with E-state index in [-0.39, 0.29) is 17.8 Å². The summed E-state index contributed by atoms with van der Waals surface area (Å²) in [5.41, 5.74) is 3.77. The van der Waals surface area contributed by atoms with E-state index in [0.29, 0.717) is 5.82 Å². The third kappa shape index (κ3) is 3.37. The zero-order valence-corrected chi connectivity index (χ0v) is 13.0. The number of H-pyrrole nitrogens is 1. The first-order chi connectivity index (χ1) is 12.0. The quantitative estimate of drug-likeness (QED) is 0.332. The van der Waals surface area contributed by atoms with Gasteiger partial charge < -0.3 is 10.1 Å². The molecular weight excluding hydrogens is 324 g/mol. The van der Waals surface area contributed by atoms with E-state index in [9.17, 15) is 19.5 Å². The Labute approximate surface area is 142 Å². The van der Waals surface area contributed by atoms with Crippen molar-refractivity contribution < 1.29 is 19.5 Å². The fourth-order valence-corrected chi connectivity index (χ4v) is 2.40. The summed E-state index contributed by atoms with van der Waals surface area (Å²) < 4.78 is 0. The second-order valence-corrected chi connectivity index (χ2v) is 5.46. The van der Waals surface area contributed by atoms with Crippen molar-refractivity contribution in [1.82, 2.24) is 15.4 Å². The van der Waals surface area contributed by atoms with Gasteiger partial charge in [-0.05, 0) is 12.1 Å². The summed E-state index contributed by atoms with van der Waals surface area (Å²) in [4.78, 5) is 42.0. The van der Waals surface area contributed by atoms with Crippen molar-refractivity contribution >= 4 is 34.7 Å². The third-order valence-electron chi connectivity index (χ3n) is 3.67. The minimum atomic E-state index is -0.934. The molecule has 8 heteroatoms. The Kier molecular flexibility index (Phi) is 4.25. The number of Topliss-reactive ketones (excluding diaryl/α,β-unsaturated/α-hetero) is 1. The first kappa shape index (κ1) is 16.3. The van der Waals surface area contributed by atoms with Crippen LogP contribution < -0.4 is 5.43 Å². The number of hydrogen-bond acceptors (Lipinski definition) is 6. The highest BCUT2D eigenvalue weighted by atomic mass is 16.3. The summed E-state index contributed by atoms with van der Waals surface area (Å²) >= 11 is 0. The predicted molar refractivity (Wildman–Crippen MR) is 89.8 cm³/mol. The molecule has 126 valence electrons. The smallest absolute Gasteiger partial charge is 0.247 e. The average Bonchev–Trinajstić information content (AvgIpc) is 2.98. The number of aromatic nitrogens is 2. The topological polar surface area (TPSA) is 125 Å². The Morgan fingerprint density at radius 2 is 2.16 bits per heavy atom. The van der Waals surface area contributed by atoms with Crippen LogP contribution in [-0.4, -0.2) is 38.8 Å². The first-order valence-electron chi connectivity index (χ1n) is 7.39. The van der Waals surface area contributed by atoms with Crippen LogP contribution in [0.25, 0.3) is 11.0 Å². The Hall–Kier alpha value is -3.55. The Morgan fingerprint density at radius 1 is 1.40 bits per heavy atom. The summed E-state index contributed by atoms with van der Waals surface area (Å²) in [7, 11) is 0. The number of hydrazone groups is 1. The number of nitrogens with one attached hydrogen (secondary N) is 2. The number of allylic oxidation sites excluding steroid dienone is 2. The highest BCUT2D eigenvalue weighted by Crippen LogP contribution is 2.21. The first-order valence-corrected chi connectivity index (χ1v) is 7.39. The number of aliphatic hydroxyl groups is 1. The largest absolute Gasteiger partial charge is 0.511 e. The number of benzene rings is 1. The van der Waals surface area contributed by atoms with Crippen molar-refractivity contribution in [2.24, 2.45) is 11.0 Å². The van der Waals surface area contributed by atoms with E-state index in [1.54, 1.807) is 0 Å². The number of carbonyl (C=O) groups excluding carboxylic acids is 3. The summed E-state index contributed by atoms with van der Waals surface area (Å²) in [6.45, 7) is 3.48. The van der Waals surface area contributed by atoms with Crippen LogP contribution in [0.15, 0.2) is 53.4 Å². The molecule has 0 saturated heterocycles. The lowest BCUT2D eigenvalue weighted by atomic mass is 9.88. The molecule has 25 heavy (non-hydrogen) atoms. The molecule has 0 saturated carbocycles. The van der Waals surface area contributed by atoms with Crippen molar-refractivity contribution in [3.05, 3.63) is 54.1 Å². The lowest BCUT2D eigenvalue weighted by Gasteiger charge is -2.16. The van der Waals surface area contributed by atoms with E-state index in [0.717, 1.165) is 23.3 Å². The van der Waals surface area contributed by atoms with Crippen LogP contribution >= 0.6 is 0 Å². The van der Waals surface area contributed by atoms with Gasteiger partial charge in [0.05, 0.1) is 23.4 Å². The second-order valence-electron chi connectivity index (χ2n) is 5.46. The van der Waals surface area contributed by atoms with Gasteiger partial charge in [-0.2, -0.15) is 5.10 Å². The third-order valence-corrected chi connectivity index (χ3v) is 3.67. The fraction of sp³-hybridized carbons (Fsp3) is 0.118. The van der Waals surface area contributed by atoms with Crippen molar-refractivity contribution in [2.45, 2.75) is 6.42 Å². The van der Waals surface area contributed by atoms with Crippen molar-refractivity contribution in [3.63, 3.8) is 0 Å². The monoisotopic (exact) mass is 338 g/mol. The molecule has 8 nitrogen and oxygen atoms in total. The molecule has 0 aliphatic heterocycles. The summed E-state index contributed by atoms with van der Waals surface area (Å²) in [6, 6.07) is 7.38. The van der Waals surface area contributed by atoms with Crippen molar-refractivity contribution in [1.29, 1.82) is 0 Å². The molecule has 1 heterocycles. The fourth-order valence-electron chi connectivity index (χ4n) is 2.40. The zero-order valence-electron chi connectivity index (χ0n) is 13.0. The predicted octanol–water partition coefficient (Wildman–Crippen LogP) is 0.973. The number of aliphatic hydroxyl groups excluding tert-OH is 1. The molecule has 0 radical (unpaired) electrons. The van der Waals surface area contributed by atoms with Crippen LogP contribution in [0.4, 0.5) is 0 Å². The maximum atomic E-state index is 11.9. The van der Waals surface area contributed by atoms with Gasteiger partial charge in [-0.15, -0.1) is 0 Å². The molecule has 3 rings (SSSR count). The standard InChI is InChI=1S/C17H14N4O4/c1-9-10(13(22)6-14(23)17(9)25)8-18-21-16(24)7-15-19-11-4-2-3-5-12(11)20-15/h2-6,8,10,22H,1,7H2,(H,19,20)(H,21,24). The number of aromatic amines is 1. The Morgan fingerprint density at radius 3 is 2.92 bits per heavy atom. The minimum Gasteiger partial charge on any atom is -0.511 e. The number of ketones is 2. The second kappa shape index (κ2) is 6.52. The summed E-state index contributed by atoms with van der Waals surface area (Å²) in [5, 5.41) is 13.4. The number of para-hydroxylation sites is 2. The van der Waals surface area contributed by atoms with Crippen LogP contribution in [-0.2, 0) is 20.8 Å². The number of imidazole rings is 1. The van der Waals surface area contributed by atoms with E-state index >= 15 is 0 Å². The zero-order chi connectivity index (χ0) is 18.0. The number of nitrogens with zero attached hydrogens (tertiary/aromatic N) is 2.